The third-order valence-corrected chi connectivity index (χ3v) is 2.94. The largest absolute Gasteiger partial charge is 0.391 e. The van der Waals surface area contributed by atoms with Crippen molar-refractivity contribution in [3.05, 3.63) is 12.7 Å². The summed E-state index contributed by atoms with van der Waals surface area (Å²) >= 11 is 0. The summed E-state index contributed by atoms with van der Waals surface area (Å²) in [5.74, 6) is -1.09. The number of halogens is 3. The van der Waals surface area contributed by atoms with Crippen LogP contribution in [-0.2, 0) is 0 Å². The van der Waals surface area contributed by atoms with E-state index < -0.39 is 12.1 Å². The van der Waals surface area contributed by atoms with E-state index in [0.717, 1.165) is 19.6 Å². The molecular formula is C11H19F3N2. The molecule has 0 spiro atoms. The molecule has 0 aliphatic carbocycles. The van der Waals surface area contributed by atoms with Gasteiger partial charge in [-0.05, 0) is 25.9 Å². The quantitative estimate of drug-likeness (QED) is 0.580. The van der Waals surface area contributed by atoms with Crippen LogP contribution < -0.4 is 5.32 Å². The first kappa shape index (κ1) is 13.5. The van der Waals surface area contributed by atoms with Crippen LogP contribution in [0.25, 0.3) is 0 Å². The van der Waals surface area contributed by atoms with E-state index in [9.17, 15) is 13.2 Å². The molecule has 1 aliphatic heterocycles. The van der Waals surface area contributed by atoms with E-state index in [1.807, 2.05) is 0 Å². The fourth-order valence-corrected chi connectivity index (χ4v) is 1.93. The Morgan fingerprint density at radius 1 is 1.31 bits per heavy atom. The van der Waals surface area contributed by atoms with E-state index in [1.165, 1.54) is 0 Å². The number of likely N-dealkylation sites (tertiary alicyclic amines) is 1. The molecule has 1 heterocycles. The van der Waals surface area contributed by atoms with Crippen molar-refractivity contribution in [1.82, 2.24) is 10.2 Å². The maximum Gasteiger partial charge on any atom is 0.391 e. The molecular weight excluding hydrogens is 217 g/mol. The van der Waals surface area contributed by atoms with Crippen LogP contribution in [0.1, 0.15) is 12.8 Å². The van der Waals surface area contributed by atoms with Crippen LogP contribution in [0.2, 0.25) is 0 Å². The van der Waals surface area contributed by atoms with Gasteiger partial charge < -0.3 is 10.2 Å². The highest BCUT2D eigenvalue weighted by atomic mass is 19.4. The Labute approximate surface area is 94.5 Å². The summed E-state index contributed by atoms with van der Waals surface area (Å²) in [7, 11) is 0. The molecule has 5 heteroatoms. The summed E-state index contributed by atoms with van der Waals surface area (Å²) in [6, 6.07) is 0. The Bertz CT molecular complexity index is 208. The van der Waals surface area contributed by atoms with Gasteiger partial charge in [-0.25, -0.2) is 0 Å². The molecule has 1 aliphatic rings. The molecule has 1 rings (SSSR count). The van der Waals surface area contributed by atoms with E-state index in [1.54, 1.807) is 6.08 Å². The number of alkyl halides is 3. The summed E-state index contributed by atoms with van der Waals surface area (Å²) < 4.78 is 37.1. The lowest BCUT2D eigenvalue weighted by Gasteiger charge is -2.32. The Kier molecular flexibility index (Phi) is 5.28. The van der Waals surface area contributed by atoms with Crippen molar-refractivity contribution in [3.63, 3.8) is 0 Å². The zero-order chi connectivity index (χ0) is 12.0. The van der Waals surface area contributed by atoms with E-state index in [0.29, 0.717) is 13.1 Å². The van der Waals surface area contributed by atoms with Crippen LogP contribution >= 0.6 is 0 Å². The maximum atomic E-state index is 12.4. The molecule has 0 unspecified atom stereocenters. The van der Waals surface area contributed by atoms with Crippen molar-refractivity contribution in [2.45, 2.75) is 19.0 Å². The van der Waals surface area contributed by atoms with Crippen molar-refractivity contribution in [2.75, 3.05) is 32.7 Å². The van der Waals surface area contributed by atoms with Crippen LogP contribution in [0.5, 0.6) is 0 Å². The number of rotatable bonds is 5. The van der Waals surface area contributed by atoms with Crippen LogP contribution in [0.3, 0.4) is 0 Å². The standard InChI is InChI=1S/C11H19F3N2/c1-2-5-15-6-9-16-7-3-10(4-8-16)11(12,13)14/h2,10,15H,1,3-9H2. The van der Waals surface area contributed by atoms with E-state index in [4.69, 9.17) is 0 Å². The van der Waals surface area contributed by atoms with Gasteiger partial charge in [-0.15, -0.1) is 6.58 Å². The van der Waals surface area contributed by atoms with Crippen LogP contribution in [0, 0.1) is 5.92 Å². The molecule has 0 aromatic carbocycles. The smallest absolute Gasteiger partial charge is 0.312 e. The molecule has 2 nitrogen and oxygen atoms in total. The number of hydrogen-bond donors (Lipinski definition) is 1. The summed E-state index contributed by atoms with van der Waals surface area (Å²) in [6.07, 6.45) is -1.75. The SMILES string of the molecule is C=CCNCCN1CCC(C(F)(F)F)CC1. The Hall–Kier alpha value is -0.550. The average molecular weight is 236 g/mol. The summed E-state index contributed by atoms with van der Waals surface area (Å²) in [6.45, 7) is 7.07. The van der Waals surface area contributed by atoms with Crippen LogP contribution in [0.15, 0.2) is 12.7 Å². The van der Waals surface area contributed by atoms with Crippen LogP contribution in [0.4, 0.5) is 13.2 Å². The zero-order valence-electron chi connectivity index (χ0n) is 9.39. The Morgan fingerprint density at radius 3 is 2.44 bits per heavy atom. The van der Waals surface area contributed by atoms with Crippen molar-refractivity contribution < 1.29 is 13.2 Å². The second kappa shape index (κ2) is 6.25. The van der Waals surface area contributed by atoms with Gasteiger partial charge in [-0.2, -0.15) is 13.2 Å². The first-order chi connectivity index (χ1) is 7.54. The highest BCUT2D eigenvalue weighted by molar-refractivity contribution is 4.77. The molecule has 0 saturated carbocycles. The van der Waals surface area contributed by atoms with Crippen molar-refractivity contribution in [3.8, 4) is 0 Å². The van der Waals surface area contributed by atoms with Crippen molar-refractivity contribution >= 4 is 0 Å². The minimum atomic E-state index is -4.01. The van der Waals surface area contributed by atoms with Gasteiger partial charge in [0.25, 0.3) is 0 Å². The molecule has 0 bridgehead atoms. The molecule has 0 radical (unpaired) electrons. The van der Waals surface area contributed by atoms with Crippen molar-refractivity contribution in [1.29, 1.82) is 0 Å². The predicted molar refractivity (Wildman–Crippen MR) is 58.3 cm³/mol. The van der Waals surface area contributed by atoms with E-state index in [-0.39, 0.29) is 12.8 Å². The second-order valence-electron chi connectivity index (χ2n) is 4.15. The van der Waals surface area contributed by atoms with Gasteiger partial charge in [0, 0.05) is 19.6 Å². The fourth-order valence-electron chi connectivity index (χ4n) is 1.93. The first-order valence-electron chi connectivity index (χ1n) is 5.64. The molecule has 1 saturated heterocycles. The predicted octanol–water partition coefficient (Wildman–Crippen LogP) is 2.04. The molecule has 0 amide bonds. The summed E-state index contributed by atoms with van der Waals surface area (Å²) in [5.41, 5.74) is 0. The number of piperidine rings is 1. The molecule has 0 aromatic rings. The van der Waals surface area contributed by atoms with E-state index >= 15 is 0 Å². The number of hydrogen-bond acceptors (Lipinski definition) is 2. The topological polar surface area (TPSA) is 15.3 Å². The monoisotopic (exact) mass is 236 g/mol. The minimum Gasteiger partial charge on any atom is -0.312 e. The number of nitrogens with zero attached hydrogens (tertiary/aromatic N) is 1. The fraction of sp³-hybridized carbons (Fsp3) is 0.818. The second-order valence-corrected chi connectivity index (χ2v) is 4.15. The van der Waals surface area contributed by atoms with Gasteiger partial charge in [0.15, 0.2) is 0 Å². The molecule has 94 valence electrons. The Balaban J connectivity index is 2.14. The van der Waals surface area contributed by atoms with Crippen molar-refractivity contribution in [2.24, 2.45) is 5.92 Å². The molecule has 1 fully saturated rings. The maximum absolute atomic E-state index is 12.4. The zero-order valence-corrected chi connectivity index (χ0v) is 9.39. The third-order valence-electron chi connectivity index (χ3n) is 2.94. The minimum absolute atomic E-state index is 0.241. The van der Waals surface area contributed by atoms with Gasteiger partial charge in [0.2, 0.25) is 0 Å². The molecule has 0 aromatic heterocycles. The Morgan fingerprint density at radius 2 is 1.94 bits per heavy atom. The van der Waals surface area contributed by atoms with Gasteiger partial charge in [0.05, 0.1) is 5.92 Å². The van der Waals surface area contributed by atoms with Gasteiger partial charge in [-0.3, -0.25) is 0 Å². The van der Waals surface area contributed by atoms with Gasteiger partial charge >= 0.3 is 6.18 Å². The lowest BCUT2D eigenvalue weighted by atomic mass is 9.96. The van der Waals surface area contributed by atoms with Crippen LogP contribution in [-0.4, -0.2) is 43.8 Å². The molecule has 1 N–H and O–H groups in total. The number of nitrogens with one attached hydrogen (secondary N) is 1. The molecule has 0 atom stereocenters. The average Bonchev–Trinajstić information content (AvgIpc) is 2.24. The lowest BCUT2D eigenvalue weighted by molar-refractivity contribution is -0.184. The normalized spacial score (nSPS) is 19.9. The first-order valence-corrected chi connectivity index (χ1v) is 5.64. The van der Waals surface area contributed by atoms with Gasteiger partial charge in [0.1, 0.15) is 0 Å². The summed E-state index contributed by atoms with van der Waals surface area (Å²) in [5, 5.41) is 3.14. The highest BCUT2D eigenvalue weighted by Crippen LogP contribution is 2.33. The molecule has 16 heavy (non-hydrogen) atoms. The highest BCUT2D eigenvalue weighted by Gasteiger charge is 2.40. The van der Waals surface area contributed by atoms with E-state index in [2.05, 4.69) is 16.8 Å². The third kappa shape index (κ3) is 4.53. The summed E-state index contributed by atoms with van der Waals surface area (Å²) in [4.78, 5) is 2.08. The van der Waals surface area contributed by atoms with Gasteiger partial charge in [-0.1, -0.05) is 6.08 Å². The lowest BCUT2D eigenvalue weighted by Crippen LogP contribution is -2.41.